The smallest absolute Gasteiger partial charge is 0.305 e. The van der Waals surface area contributed by atoms with Gasteiger partial charge in [0.1, 0.15) is 0 Å². The second kappa shape index (κ2) is 71.6. The van der Waals surface area contributed by atoms with Gasteiger partial charge in [-0.25, -0.2) is 0 Å². The number of unbranched alkanes of at least 4 members (excludes halogenated alkanes) is 55. The van der Waals surface area contributed by atoms with Crippen LogP contribution in [-0.2, 0) is 14.3 Å². The fourth-order valence-electron chi connectivity index (χ4n) is 11.7. The minimum atomic E-state index is -0.843. The molecule has 2 atom stereocenters. The number of hydrogen-bond acceptors (Lipinski definition) is 5. The lowest BCUT2D eigenvalue weighted by Crippen LogP contribution is -2.45. The van der Waals surface area contributed by atoms with Gasteiger partial charge in [-0.15, -0.1) is 0 Å². The summed E-state index contributed by atoms with van der Waals surface area (Å²) in [6.07, 6.45) is 92.4. The number of nitrogens with one attached hydrogen (secondary N) is 1. The number of aliphatic hydroxyl groups is 2. The molecule has 0 saturated carbocycles. The molecule has 0 heterocycles. The number of carbonyl (C=O) groups excluding carboxylic acids is 2. The van der Waals surface area contributed by atoms with Crippen LogP contribution in [0.25, 0.3) is 0 Å². The normalized spacial score (nSPS) is 12.7. The molecule has 1 amide bonds. The van der Waals surface area contributed by atoms with Crippen LogP contribution in [0.1, 0.15) is 412 Å². The van der Waals surface area contributed by atoms with Gasteiger partial charge in [-0.05, 0) is 83.5 Å². The van der Waals surface area contributed by atoms with E-state index in [1.807, 2.05) is 6.08 Å². The molecule has 2 unspecified atom stereocenters. The Bertz CT molecular complexity index is 1330. The maximum absolute atomic E-state index is 12.5. The maximum Gasteiger partial charge on any atom is 0.305 e. The van der Waals surface area contributed by atoms with Crippen LogP contribution in [0.4, 0.5) is 0 Å². The second-order valence-electron chi connectivity index (χ2n) is 25.6. The van der Waals surface area contributed by atoms with E-state index in [9.17, 15) is 19.8 Å². The summed E-state index contributed by atoms with van der Waals surface area (Å²) in [5.41, 5.74) is 0. The zero-order valence-corrected chi connectivity index (χ0v) is 55.5. The lowest BCUT2D eigenvalue weighted by atomic mass is 10.0. The van der Waals surface area contributed by atoms with Crippen molar-refractivity contribution in [3.05, 3.63) is 36.5 Å². The van der Waals surface area contributed by atoms with E-state index in [2.05, 4.69) is 43.5 Å². The van der Waals surface area contributed by atoms with E-state index in [0.29, 0.717) is 19.4 Å². The standard InChI is InChI=1S/C76H145NO5/c1-3-5-7-9-11-13-15-17-19-36-40-44-48-52-56-60-64-68-74(79)73(72-78)77-75(80)69-65-61-57-53-49-45-41-38-34-32-30-28-26-24-22-21-23-25-27-29-31-33-35-39-43-47-51-55-59-63-67-71-82-76(81)70-66-62-58-54-50-46-42-37-20-18-16-14-12-10-8-6-4-2/h18,20,23,25,64,68,73-74,78-79H,3-17,19,21-22,24,26-63,65-67,69-72H2,1-2H3,(H,77,80)/b20-18-,25-23-,68-64+. The summed E-state index contributed by atoms with van der Waals surface area (Å²) in [6.45, 7) is 4.94. The number of amides is 1. The van der Waals surface area contributed by atoms with Gasteiger partial charge in [0.15, 0.2) is 0 Å². The molecule has 0 aromatic heterocycles. The molecule has 82 heavy (non-hydrogen) atoms. The van der Waals surface area contributed by atoms with E-state index in [-0.39, 0.29) is 18.5 Å². The average Bonchev–Trinajstić information content (AvgIpc) is 3.48. The molecule has 0 aliphatic carbocycles. The van der Waals surface area contributed by atoms with Crippen LogP contribution < -0.4 is 5.32 Å². The van der Waals surface area contributed by atoms with Gasteiger partial charge >= 0.3 is 5.97 Å². The number of rotatable bonds is 70. The van der Waals surface area contributed by atoms with Crippen LogP contribution in [-0.4, -0.2) is 47.4 Å². The number of allylic oxidation sites excluding steroid dienone is 5. The van der Waals surface area contributed by atoms with Gasteiger partial charge < -0.3 is 20.3 Å². The van der Waals surface area contributed by atoms with E-state index in [1.165, 1.54) is 340 Å². The van der Waals surface area contributed by atoms with E-state index < -0.39 is 12.1 Å². The van der Waals surface area contributed by atoms with Crippen LogP contribution in [0, 0.1) is 0 Å². The first-order valence-corrected chi connectivity index (χ1v) is 37.3. The van der Waals surface area contributed by atoms with Gasteiger partial charge in [0.2, 0.25) is 5.91 Å². The number of esters is 1. The monoisotopic (exact) mass is 1150 g/mol. The highest BCUT2D eigenvalue weighted by atomic mass is 16.5. The topological polar surface area (TPSA) is 95.9 Å². The lowest BCUT2D eigenvalue weighted by Gasteiger charge is -2.20. The third-order valence-electron chi connectivity index (χ3n) is 17.4. The van der Waals surface area contributed by atoms with Crippen molar-refractivity contribution in [3.63, 3.8) is 0 Å². The van der Waals surface area contributed by atoms with Crippen molar-refractivity contribution in [2.24, 2.45) is 0 Å². The molecule has 0 saturated heterocycles. The molecule has 3 N–H and O–H groups in total. The molecule has 0 spiro atoms. The van der Waals surface area contributed by atoms with Crippen LogP contribution >= 0.6 is 0 Å². The zero-order chi connectivity index (χ0) is 59.2. The Morgan fingerprint density at radius 3 is 0.866 bits per heavy atom. The predicted molar refractivity (Wildman–Crippen MR) is 361 cm³/mol. The summed E-state index contributed by atoms with van der Waals surface area (Å²) < 4.78 is 5.50. The lowest BCUT2D eigenvalue weighted by molar-refractivity contribution is -0.143. The van der Waals surface area contributed by atoms with E-state index in [0.717, 1.165) is 44.9 Å². The van der Waals surface area contributed by atoms with Crippen LogP contribution in [0.15, 0.2) is 36.5 Å². The Balaban J connectivity index is 3.37. The Morgan fingerprint density at radius 1 is 0.329 bits per heavy atom. The SMILES string of the molecule is CCCCCCCC/C=C\CCCCCCCCCC(=O)OCCCCCCCCCCCCCC/C=C\CCCCCCCCCCCCCCCCCC(=O)NC(CO)C(O)/C=C/CCCCCCCCCCCCCCCCC. The van der Waals surface area contributed by atoms with Crippen molar-refractivity contribution >= 4 is 11.9 Å². The molecular formula is C76H145NO5. The summed E-state index contributed by atoms with van der Waals surface area (Å²) in [6, 6.07) is -0.627. The van der Waals surface area contributed by atoms with Gasteiger partial charge in [-0.1, -0.05) is 352 Å². The molecular weight excluding hydrogens is 1010 g/mol. The van der Waals surface area contributed by atoms with Gasteiger partial charge in [0, 0.05) is 12.8 Å². The van der Waals surface area contributed by atoms with Crippen molar-refractivity contribution in [1.29, 1.82) is 0 Å². The number of carbonyl (C=O) groups is 2. The molecule has 0 fully saturated rings. The van der Waals surface area contributed by atoms with Crippen molar-refractivity contribution in [2.45, 2.75) is 424 Å². The minimum Gasteiger partial charge on any atom is -0.466 e. The number of hydrogen-bond donors (Lipinski definition) is 3. The molecule has 6 heteroatoms. The Hall–Kier alpha value is -1.92. The summed E-state index contributed by atoms with van der Waals surface area (Å²) in [5, 5.41) is 23.2. The second-order valence-corrected chi connectivity index (χ2v) is 25.6. The Kier molecular flexibility index (Phi) is 69.9. The fourth-order valence-corrected chi connectivity index (χ4v) is 11.7. The minimum absolute atomic E-state index is 0.0146. The molecule has 0 aromatic rings. The summed E-state index contributed by atoms with van der Waals surface area (Å²) in [7, 11) is 0. The highest BCUT2D eigenvalue weighted by molar-refractivity contribution is 5.76. The zero-order valence-electron chi connectivity index (χ0n) is 55.5. The summed E-state index contributed by atoms with van der Waals surface area (Å²) >= 11 is 0. The molecule has 0 aliphatic rings. The van der Waals surface area contributed by atoms with Crippen molar-refractivity contribution in [1.82, 2.24) is 5.32 Å². The first-order valence-electron chi connectivity index (χ1n) is 37.3. The summed E-state index contributed by atoms with van der Waals surface area (Å²) in [5.74, 6) is -0.0482. The van der Waals surface area contributed by atoms with E-state index in [4.69, 9.17) is 4.74 Å². The first-order chi connectivity index (χ1) is 40.5. The molecule has 484 valence electrons. The van der Waals surface area contributed by atoms with Gasteiger partial charge in [0.25, 0.3) is 0 Å². The highest BCUT2D eigenvalue weighted by Crippen LogP contribution is 2.19. The molecule has 0 aromatic carbocycles. The maximum atomic E-state index is 12.5. The predicted octanol–water partition coefficient (Wildman–Crippen LogP) is 24.3. The molecule has 0 bridgehead atoms. The van der Waals surface area contributed by atoms with Crippen LogP contribution in [0.2, 0.25) is 0 Å². The largest absolute Gasteiger partial charge is 0.466 e. The molecule has 0 radical (unpaired) electrons. The molecule has 0 aliphatic heterocycles. The third kappa shape index (κ3) is 67.2. The molecule has 0 rings (SSSR count). The van der Waals surface area contributed by atoms with E-state index >= 15 is 0 Å². The summed E-state index contributed by atoms with van der Waals surface area (Å²) in [4.78, 5) is 24.6. The Morgan fingerprint density at radius 2 is 0.573 bits per heavy atom. The Labute approximate surface area is 513 Å². The van der Waals surface area contributed by atoms with Crippen LogP contribution in [0.5, 0.6) is 0 Å². The average molecular weight is 1150 g/mol. The van der Waals surface area contributed by atoms with Gasteiger partial charge in [0.05, 0.1) is 25.4 Å². The van der Waals surface area contributed by atoms with E-state index in [1.54, 1.807) is 6.08 Å². The molecule has 6 nitrogen and oxygen atoms in total. The highest BCUT2D eigenvalue weighted by Gasteiger charge is 2.18. The number of aliphatic hydroxyl groups excluding tert-OH is 2. The van der Waals surface area contributed by atoms with Crippen molar-refractivity contribution in [2.75, 3.05) is 13.2 Å². The quantitative estimate of drug-likeness (QED) is 0.0320. The van der Waals surface area contributed by atoms with Gasteiger partial charge in [-0.3, -0.25) is 9.59 Å². The number of ether oxygens (including phenoxy) is 1. The van der Waals surface area contributed by atoms with Crippen molar-refractivity contribution in [3.8, 4) is 0 Å². The van der Waals surface area contributed by atoms with Crippen molar-refractivity contribution < 1.29 is 24.5 Å². The first kappa shape index (κ1) is 80.1. The van der Waals surface area contributed by atoms with Crippen LogP contribution in [0.3, 0.4) is 0 Å². The third-order valence-corrected chi connectivity index (χ3v) is 17.4. The fraction of sp³-hybridized carbons (Fsp3) is 0.895. The van der Waals surface area contributed by atoms with Gasteiger partial charge in [-0.2, -0.15) is 0 Å².